The number of rotatable bonds is 3. The molecule has 1 aliphatic carbocycles. The monoisotopic (exact) mass is 259 g/mol. The molecule has 0 aromatic carbocycles. The molecule has 0 spiro atoms. The fraction of sp³-hybridized carbons (Fsp3) is 0.688. The van der Waals surface area contributed by atoms with E-state index in [0.29, 0.717) is 18.4 Å². The van der Waals surface area contributed by atoms with Crippen LogP contribution in [0.5, 0.6) is 0 Å². The summed E-state index contributed by atoms with van der Waals surface area (Å²) in [5.74, 6) is 6.15. The molecular formula is C16H25N3. The zero-order chi connectivity index (χ0) is 14.0. The molecule has 1 aliphatic rings. The Balaban J connectivity index is 2.35. The van der Waals surface area contributed by atoms with Crippen molar-refractivity contribution in [1.82, 2.24) is 9.55 Å². The third-order valence-corrected chi connectivity index (χ3v) is 4.15. The van der Waals surface area contributed by atoms with Gasteiger partial charge in [0.1, 0.15) is 11.6 Å². The van der Waals surface area contributed by atoms with E-state index in [1.165, 1.54) is 25.7 Å². The summed E-state index contributed by atoms with van der Waals surface area (Å²) in [5, 5.41) is 0. The van der Waals surface area contributed by atoms with E-state index in [-0.39, 0.29) is 0 Å². The van der Waals surface area contributed by atoms with Gasteiger partial charge in [-0.3, -0.25) is 0 Å². The molecule has 2 N–H and O–H groups in total. The summed E-state index contributed by atoms with van der Waals surface area (Å²) in [7, 11) is 0. The molecule has 1 aromatic heterocycles. The summed E-state index contributed by atoms with van der Waals surface area (Å²) >= 11 is 0. The molecule has 3 heteroatoms. The number of hydrogen-bond acceptors (Lipinski definition) is 2. The zero-order valence-electron chi connectivity index (χ0n) is 12.3. The Hall–Kier alpha value is -1.43. The molecule has 1 aromatic rings. The van der Waals surface area contributed by atoms with E-state index in [0.717, 1.165) is 23.3 Å². The van der Waals surface area contributed by atoms with Crippen LogP contribution in [0.3, 0.4) is 0 Å². The second kappa shape index (κ2) is 5.69. The molecule has 0 saturated heterocycles. The predicted molar refractivity (Wildman–Crippen MR) is 79.9 cm³/mol. The Morgan fingerprint density at radius 2 is 2.21 bits per heavy atom. The van der Waals surface area contributed by atoms with Crippen LogP contribution in [0.4, 0.5) is 5.82 Å². The lowest BCUT2D eigenvalue weighted by molar-refractivity contribution is 0.341. The third kappa shape index (κ3) is 2.78. The molecule has 0 amide bonds. The Kier molecular flexibility index (Phi) is 4.19. The molecule has 1 fully saturated rings. The van der Waals surface area contributed by atoms with Crippen LogP contribution in [0.25, 0.3) is 0 Å². The Labute approximate surface area is 116 Å². The van der Waals surface area contributed by atoms with Crippen molar-refractivity contribution in [2.24, 2.45) is 5.92 Å². The smallest absolute Gasteiger partial charge is 0.127 e. The molecule has 104 valence electrons. The minimum absolute atomic E-state index is 0.352. The zero-order valence-corrected chi connectivity index (χ0v) is 12.3. The molecule has 2 unspecified atom stereocenters. The van der Waals surface area contributed by atoms with Crippen molar-refractivity contribution in [3.63, 3.8) is 0 Å². The summed E-state index contributed by atoms with van der Waals surface area (Å²) in [4.78, 5) is 4.83. The van der Waals surface area contributed by atoms with Crippen LogP contribution in [-0.2, 0) is 6.54 Å². The maximum Gasteiger partial charge on any atom is 0.127 e. The van der Waals surface area contributed by atoms with Crippen LogP contribution in [0.2, 0.25) is 0 Å². The van der Waals surface area contributed by atoms with E-state index in [4.69, 9.17) is 17.1 Å². The van der Waals surface area contributed by atoms with Crippen molar-refractivity contribution >= 4 is 5.82 Å². The SMILES string of the molecule is C#CCn1c(C(C)C)nc(C2CCCC(C)C2)c1N. The van der Waals surface area contributed by atoms with Crippen molar-refractivity contribution in [3.8, 4) is 12.3 Å². The molecule has 1 saturated carbocycles. The number of imidazole rings is 1. The van der Waals surface area contributed by atoms with E-state index >= 15 is 0 Å². The average Bonchev–Trinajstić information content (AvgIpc) is 2.68. The van der Waals surface area contributed by atoms with Crippen LogP contribution in [0.1, 0.15) is 69.8 Å². The van der Waals surface area contributed by atoms with Gasteiger partial charge in [0.05, 0.1) is 12.2 Å². The van der Waals surface area contributed by atoms with E-state index in [1.54, 1.807) is 0 Å². The van der Waals surface area contributed by atoms with Gasteiger partial charge in [-0.25, -0.2) is 4.98 Å². The predicted octanol–water partition coefficient (Wildman–Crippen LogP) is 3.52. The van der Waals surface area contributed by atoms with Gasteiger partial charge in [-0.05, 0) is 18.8 Å². The molecule has 3 nitrogen and oxygen atoms in total. The van der Waals surface area contributed by atoms with Gasteiger partial charge < -0.3 is 10.3 Å². The van der Waals surface area contributed by atoms with Gasteiger partial charge in [-0.15, -0.1) is 6.42 Å². The standard InChI is InChI=1S/C16H25N3/c1-5-9-19-15(17)14(18-16(19)11(2)3)13-8-6-7-12(4)10-13/h1,11-13H,6-10,17H2,2-4H3. The summed E-state index contributed by atoms with van der Waals surface area (Å²) in [6.45, 7) is 7.13. The van der Waals surface area contributed by atoms with E-state index in [1.807, 2.05) is 4.57 Å². The minimum Gasteiger partial charge on any atom is -0.384 e. The molecule has 0 bridgehead atoms. The van der Waals surface area contributed by atoms with E-state index in [2.05, 4.69) is 26.7 Å². The highest BCUT2D eigenvalue weighted by atomic mass is 15.1. The number of nitrogens with two attached hydrogens (primary N) is 1. The molecule has 19 heavy (non-hydrogen) atoms. The Bertz CT molecular complexity index is 479. The first-order valence-corrected chi connectivity index (χ1v) is 7.33. The van der Waals surface area contributed by atoms with Crippen LogP contribution < -0.4 is 5.73 Å². The van der Waals surface area contributed by atoms with Crippen LogP contribution in [-0.4, -0.2) is 9.55 Å². The highest BCUT2D eigenvalue weighted by Gasteiger charge is 2.27. The molecule has 0 aliphatic heterocycles. The van der Waals surface area contributed by atoms with Crippen LogP contribution in [0.15, 0.2) is 0 Å². The maximum atomic E-state index is 6.31. The van der Waals surface area contributed by atoms with Crippen molar-refractivity contribution in [1.29, 1.82) is 0 Å². The molecule has 2 atom stereocenters. The van der Waals surface area contributed by atoms with Crippen molar-refractivity contribution in [2.45, 2.75) is 64.8 Å². The number of aromatic nitrogens is 2. The summed E-state index contributed by atoms with van der Waals surface area (Å²) in [6, 6.07) is 0. The van der Waals surface area contributed by atoms with Gasteiger partial charge in [-0.1, -0.05) is 39.5 Å². The topological polar surface area (TPSA) is 43.8 Å². The van der Waals surface area contributed by atoms with Gasteiger partial charge in [-0.2, -0.15) is 0 Å². The minimum atomic E-state index is 0.352. The number of anilines is 1. The van der Waals surface area contributed by atoms with Gasteiger partial charge >= 0.3 is 0 Å². The average molecular weight is 259 g/mol. The van der Waals surface area contributed by atoms with Crippen LogP contribution in [0, 0.1) is 18.3 Å². The molecule has 2 rings (SSSR count). The second-order valence-electron chi connectivity index (χ2n) is 6.15. The second-order valence-corrected chi connectivity index (χ2v) is 6.15. The largest absolute Gasteiger partial charge is 0.384 e. The first-order valence-electron chi connectivity index (χ1n) is 7.33. The lowest BCUT2D eigenvalue weighted by Crippen LogP contribution is -2.14. The fourth-order valence-corrected chi connectivity index (χ4v) is 3.18. The van der Waals surface area contributed by atoms with E-state index < -0.39 is 0 Å². The number of terminal acetylenes is 1. The Morgan fingerprint density at radius 1 is 1.47 bits per heavy atom. The summed E-state index contributed by atoms with van der Waals surface area (Å²) in [6.07, 6.45) is 10.5. The summed E-state index contributed by atoms with van der Waals surface area (Å²) < 4.78 is 2.01. The van der Waals surface area contributed by atoms with Gasteiger partial charge in [0.15, 0.2) is 0 Å². The lowest BCUT2D eigenvalue weighted by atomic mass is 9.81. The highest BCUT2D eigenvalue weighted by molar-refractivity contribution is 5.42. The third-order valence-electron chi connectivity index (χ3n) is 4.15. The number of hydrogen-bond donors (Lipinski definition) is 1. The fourth-order valence-electron chi connectivity index (χ4n) is 3.18. The highest BCUT2D eigenvalue weighted by Crippen LogP contribution is 2.38. The lowest BCUT2D eigenvalue weighted by Gasteiger charge is -2.25. The normalized spacial score (nSPS) is 23.5. The quantitative estimate of drug-likeness (QED) is 0.844. The van der Waals surface area contributed by atoms with Gasteiger partial charge in [0.2, 0.25) is 0 Å². The first kappa shape index (κ1) is 14.0. The molecule has 0 radical (unpaired) electrons. The first-order chi connectivity index (χ1) is 9.04. The Morgan fingerprint density at radius 3 is 2.79 bits per heavy atom. The van der Waals surface area contributed by atoms with E-state index in [9.17, 15) is 0 Å². The van der Waals surface area contributed by atoms with Crippen molar-refractivity contribution < 1.29 is 0 Å². The molecular weight excluding hydrogens is 234 g/mol. The van der Waals surface area contributed by atoms with Crippen molar-refractivity contribution in [3.05, 3.63) is 11.5 Å². The number of nitrogens with zero attached hydrogens (tertiary/aromatic N) is 2. The van der Waals surface area contributed by atoms with Crippen molar-refractivity contribution in [2.75, 3.05) is 5.73 Å². The van der Waals surface area contributed by atoms with Gasteiger partial charge in [0, 0.05) is 11.8 Å². The van der Waals surface area contributed by atoms with Crippen LogP contribution >= 0.6 is 0 Å². The van der Waals surface area contributed by atoms with Gasteiger partial charge in [0.25, 0.3) is 0 Å². The maximum absolute atomic E-state index is 6.31. The summed E-state index contributed by atoms with van der Waals surface area (Å²) in [5.41, 5.74) is 7.40. The number of nitrogen functional groups attached to an aromatic ring is 1. The molecule has 1 heterocycles.